The van der Waals surface area contributed by atoms with Crippen molar-refractivity contribution in [2.45, 2.75) is 26.9 Å². The molecule has 0 unspecified atom stereocenters. The number of aliphatic hydroxyl groups is 1. The van der Waals surface area contributed by atoms with E-state index in [0.717, 1.165) is 37.6 Å². The Morgan fingerprint density at radius 2 is 1.93 bits per heavy atom. The molecule has 0 atom stereocenters. The molecule has 3 heterocycles. The van der Waals surface area contributed by atoms with Gasteiger partial charge >= 0.3 is 0 Å². The second-order valence-electron chi connectivity index (χ2n) is 10.5. The van der Waals surface area contributed by atoms with Crippen LogP contribution in [-0.2, 0) is 0 Å². The maximum absolute atomic E-state index is 13.5. The number of ether oxygens (including phenoxy) is 2. The molecule has 0 spiro atoms. The van der Waals surface area contributed by atoms with Crippen LogP contribution in [0, 0.1) is 6.92 Å². The number of β-amino-alcohol motifs (C(OH)–C–C–N with tert-alkyl or cyclic N) is 1. The maximum Gasteiger partial charge on any atom is 0.258 e. The summed E-state index contributed by atoms with van der Waals surface area (Å²) < 4.78 is 13.0. The zero-order valence-corrected chi connectivity index (χ0v) is 28.6. The summed E-state index contributed by atoms with van der Waals surface area (Å²) in [6, 6.07) is 6.08. The first-order valence-corrected chi connectivity index (χ1v) is 16.5. The van der Waals surface area contributed by atoms with Crippen molar-refractivity contribution in [2.24, 2.45) is 0 Å². The molecule has 3 N–H and O–H groups in total. The van der Waals surface area contributed by atoms with E-state index in [1.54, 1.807) is 12.3 Å². The normalized spacial score (nSPS) is 13.9. The molecule has 0 saturated carbocycles. The Bertz CT molecular complexity index is 1680. The molecule has 1 aliphatic rings. The Hall–Kier alpha value is -2.87. The number of anilines is 4. The van der Waals surface area contributed by atoms with Crippen molar-refractivity contribution in [2.75, 3.05) is 62.0 Å². The van der Waals surface area contributed by atoms with Gasteiger partial charge in [0.05, 0.1) is 56.5 Å². The van der Waals surface area contributed by atoms with E-state index in [1.165, 1.54) is 24.8 Å². The van der Waals surface area contributed by atoms with Gasteiger partial charge in [-0.2, -0.15) is 0 Å². The lowest BCUT2D eigenvalue weighted by Gasteiger charge is -2.36. The number of benzene rings is 2. The molecule has 2 aromatic carbocycles. The standard InChI is InChI=1S/C30H33BrCl2N6O4S/c1-16(2)43-21-13-18(39-9-7-38(8-10-39)11-12-40)5-6-20(21)36-29-28-25(34-15-35-29)19(14-44-28)30(41)37-26-23(32)17(3)22(31)27(42-4)24(26)33/h5-6,13-16,40H,7-12H2,1-4H3,(H,37,41)(H,34,35,36). The largest absolute Gasteiger partial charge is 0.494 e. The van der Waals surface area contributed by atoms with Gasteiger partial charge in [-0.3, -0.25) is 9.69 Å². The van der Waals surface area contributed by atoms with Crippen molar-refractivity contribution in [1.82, 2.24) is 14.9 Å². The fourth-order valence-electron chi connectivity index (χ4n) is 4.99. The highest BCUT2D eigenvalue weighted by Crippen LogP contribution is 2.46. The molecule has 4 aromatic rings. The molecule has 14 heteroatoms. The maximum atomic E-state index is 13.5. The van der Waals surface area contributed by atoms with Crippen LogP contribution in [0.2, 0.25) is 10.0 Å². The fraction of sp³-hybridized carbons (Fsp3) is 0.367. The lowest BCUT2D eigenvalue weighted by molar-refractivity contribution is 0.102. The van der Waals surface area contributed by atoms with E-state index in [0.29, 0.717) is 54.7 Å². The summed E-state index contributed by atoms with van der Waals surface area (Å²) in [5.41, 5.74) is 3.60. The molecule has 10 nitrogen and oxygen atoms in total. The van der Waals surface area contributed by atoms with E-state index in [1.807, 2.05) is 26.0 Å². The number of thiophene rings is 1. The highest BCUT2D eigenvalue weighted by atomic mass is 79.9. The highest BCUT2D eigenvalue weighted by Gasteiger charge is 2.24. The van der Waals surface area contributed by atoms with Crippen molar-refractivity contribution in [3.8, 4) is 11.5 Å². The summed E-state index contributed by atoms with van der Waals surface area (Å²) >= 11 is 17.9. The quantitative estimate of drug-likeness (QED) is 0.160. The Balaban J connectivity index is 1.41. The number of halogens is 3. The predicted octanol–water partition coefficient (Wildman–Crippen LogP) is 6.98. The molecule has 2 aromatic heterocycles. The van der Waals surface area contributed by atoms with E-state index in [-0.39, 0.29) is 23.4 Å². The predicted molar refractivity (Wildman–Crippen MR) is 182 cm³/mol. The van der Waals surface area contributed by atoms with Gasteiger partial charge in [0.1, 0.15) is 17.1 Å². The first-order valence-electron chi connectivity index (χ1n) is 14.0. The van der Waals surface area contributed by atoms with E-state index >= 15 is 0 Å². The van der Waals surface area contributed by atoms with Crippen molar-refractivity contribution < 1.29 is 19.4 Å². The molecule has 0 aliphatic carbocycles. The summed E-state index contributed by atoms with van der Waals surface area (Å²) in [7, 11) is 1.49. The molecule has 44 heavy (non-hydrogen) atoms. The lowest BCUT2D eigenvalue weighted by Crippen LogP contribution is -2.47. The summed E-state index contributed by atoms with van der Waals surface area (Å²) in [5.74, 6) is 1.21. The number of aromatic nitrogens is 2. The number of carbonyl (C=O) groups is 1. The monoisotopic (exact) mass is 722 g/mol. The van der Waals surface area contributed by atoms with Gasteiger partial charge in [0.2, 0.25) is 0 Å². The third kappa shape index (κ3) is 6.70. The van der Waals surface area contributed by atoms with Gasteiger partial charge in [0.15, 0.2) is 11.6 Å². The van der Waals surface area contributed by atoms with E-state index in [4.69, 9.17) is 32.7 Å². The van der Waals surface area contributed by atoms with Crippen LogP contribution < -0.4 is 25.0 Å². The number of fused-ring (bicyclic) bond motifs is 1. The van der Waals surface area contributed by atoms with Gasteiger partial charge < -0.3 is 30.1 Å². The van der Waals surface area contributed by atoms with Gasteiger partial charge in [-0.15, -0.1) is 11.3 Å². The summed E-state index contributed by atoms with van der Waals surface area (Å²) in [4.78, 5) is 27.0. The first-order chi connectivity index (χ1) is 21.1. The van der Waals surface area contributed by atoms with Crippen LogP contribution in [0.1, 0.15) is 29.8 Å². The number of nitrogens with one attached hydrogen (secondary N) is 2. The van der Waals surface area contributed by atoms with Crippen LogP contribution >= 0.6 is 50.5 Å². The molecule has 0 radical (unpaired) electrons. The average molecular weight is 725 g/mol. The van der Waals surface area contributed by atoms with Crippen LogP contribution in [0.3, 0.4) is 0 Å². The third-order valence-corrected chi connectivity index (χ3v) is 10.0. The number of aliphatic hydroxyl groups excluding tert-OH is 1. The van der Waals surface area contributed by atoms with Gasteiger partial charge in [0, 0.05) is 49.9 Å². The van der Waals surface area contributed by atoms with Gasteiger partial charge in [-0.25, -0.2) is 9.97 Å². The minimum Gasteiger partial charge on any atom is -0.494 e. The van der Waals surface area contributed by atoms with Crippen molar-refractivity contribution in [1.29, 1.82) is 0 Å². The molecule has 234 valence electrons. The number of hydrogen-bond donors (Lipinski definition) is 3. The van der Waals surface area contributed by atoms with Crippen molar-refractivity contribution >= 4 is 89.5 Å². The fourth-order valence-corrected chi connectivity index (χ4v) is 7.32. The zero-order chi connectivity index (χ0) is 31.5. The number of amides is 1. The number of rotatable bonds is 10. The number of nitrogens with zero attached hydrogens (tertiary/aromatic N) is 4. The van der Waals surface area contributed by atoms with Crippen LogP contribution in [0.15, 0.2) is 34.4 Å². The summed E-state index contributed by atoms with van der Waals surface area (Å²) in [6.07, 6.45) is 1.37. The number of piperazine rings is 1. The van der Waals surface area contributed by atoms with Crippen molar-refractivity contribution in [3.63, 3.8) is 0 Å². The minimum absolute atomic E-state index is 0.0471. The Kier molecular flexibility index (Phi) is 10.4. The Labute approximate surface area is 278 Å². The zero-order valence-electron chi connectivity index (χ0n) is 24.7. The summed E-state index contributed by atoms with van der Waals surface area (Å²) in [6.45, 7) is 10.1. The van der Waals surface area contributed by atoms with E-state index in [9.17, 15) is 9.90 Å². The van der Waals surface area contributed by atoms with Crippen LogP contribution in [-0.4, -0.2) is 78.4 Å². The second-order valence-corrected chi connectivity index (χ2v) is 12.9. The lowest BCUT2D eigenvalue weighted by atomic mass is 10.2. The van der Waals surface area contributed by atoms with E-state index < -0.39 is 5.91 Å². The molecule has 0 bridgehead atoms. The van der Waals surface area contributed by atoms with E-state index in [2.05, 4.69) is 52.4 Å². The minimum atomic E-state index is -0.416. The Morgan fingerprint density at radius 3 is 2.61 bits per heavy atom. The average Bonchev–Trinajstić information content (AvgIpc) is 3.45. The van der Waals surface area contributed by atoms with Gasteiger partial charge in [-0.1, -0.05) is 23.2 Å². The first kappa shape index (κ1) is 32.5. The molecule has 1 saturated heterocycles. The SMILES string of the molecule is COc1c(Cl)c(NC(=O)c2csc3c(Nc4ccc(N5CCN(CCO)CC5)cc4OC(C)C)ncnc23)c(Cl)c(C)c1Br. The van der Waals surface area contributed by atoms with Gasteiger partial charge in [0.25, 0.3) is 5.91 Å². The Morgan fingerprint density at radius 1 is 1.18 bits per heavy atom. The number of methoxy groups -OCH3 is 1. The summed E-state index contributed by atoms with van der Waals surface area (Å²) in [5, 5.41) is 17.7. The molecular formula is C30H33BrCl2N6O4S. The number of hydrogen-bond acceptors (Lipinski definition) is 10. The van der Waals surface area contributed by atoms with Crippen LogP contribution in [0.4, 0.5) is 22.9 Å². The molecule has 1 fully saturated rings. The van der Waals surface area contributed by atoms with Gasteiger partial charge in [-0.05, 0) is 54.4 Å². The topological polar surface area (TPSA) is 112 Å². The molecular weight excluding hydrogens is 691 g/mol. The smallest absolute Gasteiger partial charge is 0.258 e. The molecule has 5 rings (SSSR count). The molecule has 1 amide bonds. The highest BCUT2D eigenvalue weighted by molar-refractivity contribution is 9.10. The van der Waals surface area contributed by atoms with Crippen LogP contribution in [0.5, 0.6) is 11.5 Å². The third-order valence-electron chi connectivity index (χ3n) is 7.27. The van der Waals surface area contributed by atoms with Crippen LogP contribution in [0.25, 0.3) is 10.2 Å². The second kappa shape index (κ2) is 14.1. The molecule has 1 aliphatic heterocycles. The number of carbonyl (C=O) groups excluding carboxylic acids is 1. The van der Waals surface area contributed by atoms with Crippen molar-refractivity contribution in [3.05, 3.63) is 55.6 Å².